The number of anilines is 1. The Morgan fingerprint density at radius 1 is 1.50 bits per heavy atom. The molecule has 1 atom stereocenters. The van der Waals surface area contributed by atoms with Gasteiger partial charge < -0.3 is 10.3 Å². The molecule has 0 aliphatic heterocycles. The first kappa shape index (κ1) is 12.9. The summed E-state index contributed by atoms with van der Waals surface area (Å²) in [5.41, 5.74) is 7.12. The van der Waals surface area contributed by atoms with Gasteiger partial charge in [0.25, 0.3) is 0 Å². The first-order valence-electron chi connectivity index (χ1n) is 5.75. The quantitative estimate of drug-likeness (QED) is 0.906. The van der Waals surface area contributed by atoms with Crippen molar-refractivity contribution in [3.63, 3.8) is 0 Å². The van der Waals surface area contributed by atoms with Gasteiger partial charge >= 0.3 is 0 Å². The van der Waals surface area contributed by atoms with E-state index in [1.54, 1.807) is 6.07 Å². The van der Waals surface area contributed by atoms with E-state index in [-0.39, 0.29) is 17.6 Å². The molecule has 0 saturated heterocycles. The summed E-state index contributed by atoms with van der Waals surface area (Å²) < 4.78 is 18.3. The van der Waals surface area contributed by atoms with E-state index < -0.39 is 0 Å². The van der Waals surface area contributed by atoms with E-state index in [0.29, 0.717) is 21.9 Å². The normalized spacial score (nSPS) is 12.7. The Morgan fingerprint density at radius 3 is 2.83 bits per heavy atom. The summed E-state index contributed by atoms with van der Waals surface area (Å²) in [5.74, 6) is 0.747. The summed E-state index contributed by atoms with van der Waals surface area (Å²) in [4.78, 5) is 0. The van der Waals surface area contributed by atoms with Crippen molar-refractivity contribution in [1.82, 2.24) is 5.16 Å². The third-order valence-electron chi connectivity index (χ3n) is 3.01. The van der Waals surface area contributed by atoms with Crippen molar-refractivity contribution in [2.45, 2.75) is 26.2 Å². The van der Waals surface area contributed by atoms with Crippen LogP contribution >= 0.6 is 11.6 Å². The van der Waals surface area contributed by atoms with Gasteiger partial charge in [-0.3, -0.25) is 0 Å². The van der Waals surface area contributed by atoms with Crippen molar-refractivity contribution in [2.24, 2.45) is 0 Å². The maximum atomic E-state index is 13.1. The second-order valence-electron chi connectivity index (χ2n) is 4.24. The molecule has 0 bridgehead atoms. The van der Waals surface area contributed by atoms with Gasteiger partial charge in [-0.25, -0.2) is 4.39 Å². The summed E-state index contributed by atoms with van der Waals surface area (Å²) in [6, 6.07) is 4.18. The van der Waals surface area contributed by atoms with Gasteiger partial charge in [0, 0.05) is 11.5 Å². The monoisotopic (exact) mass is 268 g/mol. The minimum absolute atomic E-state index is 0.172. The van der Waals surface area contributed by atoms with E-state index in [0.717, 1.165) is 6.42 Å². The molecule has 0 saturated carbocycles. The highest BCUT2D eigenvalue weighted by molar-refractivity contribution is 6.33. The minimum Gasteiger partial charge on any atom is -0.380 e. The van der Waals surface area contributed by atoms with Crippen LogP contribution in [0.2, 0.25) is 5.02 Å². The number of hydrogen-bond donors (Lipinski definition) is 1. The van der Waals surface area contributed by atoms with Crippen molar-refractivity contribution in [2.75, 3.05) is 5.73 Å². The van der Waals surface area contributed by atoms with E-state index in [1.165, 1.54) is 12.1 Å². The van der Waals surface area contributed by atoms with Gasteiger partial charge in [-0.1, -0.05) is 30.6 Å². The molecule has 1 aromatic heterocycles. The van der Waals surface area contributed by atoms with Crippen molar-refractivity contribution >= 4 is 17.4 Å². The van der Waals surface area contributed by atoms with Gasteiger partial charge in [-0.15, -0.1) is 0 Å². The molecule has 1 unspecified atom stereocenters. The molecule has 0 aliphatic rings. The maximum absolute atomic E-state index is 13.1. The number of rotatable bonds is 3. The largest absolute Gasteiger partial charge is 0.380 e. The molecule has 3 nitrogen and oxygen atoms in total. The van der Waals surface area contributed by atoms with Gasteiger partial charge in [0.2, 0.25) is 0 Å². The molecule has 0 spiro atoms. The van der Waals surface area contributed by atoms with Crippen molar-refractivity contribution in [3.05, 3.63) is 34.8 Å². The van der Waals surface area contributed by atoms with Crippen LogP contribution in [0.25, 0.3) is 11.1 Å². The highest BCUT2D eigenvalue weighted by atomic mass is 35.5. The molecule has 0 aliphatic carbocycles. The van der Waals surface area contributed by atoms with Crippen molar-refractivity contribution in [3.8, 4) is 11.1 Å². The predicted molar refractivity (Wildman–Crippen MR) is 70.0 cm³/mol. The molecule has 1 heterocycles. The Balaban J connectivity index is 2.59. The zero-order valence-corrected chi connectivity index (χ0v) is 11.0. The van der Waals surface area contributed by atoms with Gasteiger partial charge in [0.05, 0.1) is 10.6 Å². The topological polar surface area (TPSA) is 52.0 Å². The third kappa shape index (κ3) is 2.20. The number of hydrogen-bond acceptors (Lipinski definition) is 3. The lowest BCUT2D eigenvalue weighted by atomic mass is 9.97. The molecule has 5 heteroatoms. The van der Waals surface area contributed by atoms with Crippen LogP contribution in [-0.2, 0) is 0 Å². The van der Waals surface area contributed by atoms with Crippen LogP contribution in [-0.4, -0.2) is 5.16 Å². The number of aromatic nitrogens is 1. The van der Waals surface area contributed by atoms with Crippen LogP contribution in [0.5, 0.6) is 0 Å². The number of nitrogens with two attached hydrogens (primary N) is 1. The molecule has 0 fully saturated rings. The predicted octanol–water partition coefficient (Wildman–Crippen LogP) is 4.23. The Labute approximate surface area is 110 Å². The number of nitrogen functional groups attached to an aromatic ring is 1. The average Bonchev–Trinajstić information content (AvgIpc) is 2.70. The second kappa shape index (κ2) is 4.98. The summed E-state index contributed by atoms with van der Waals surface area (Å²) in [5, 5.41) is 4.08. The fourth-order valence-electron chi connectivity index (χ4n) is 1.80. The van der Waals surface area contributed by atoms with Crippen LogP contribution < -0.4 is 5.73 Å². The standard InChI is InChI=1S/C13H14ClFN2O/c1-3-7(2)12-11(13(16)17-18-12)9-5-4-8(15)6-10(9)14/h4-7H,3H2,1-2H3,(H2,16,17). The molecule has 2 rings (SSSR count). The fourth-order valence-corrected chi connectivity index (χ4v) is 2.06. The Hall–Kier alpha value is -1.55. The number of benzene rings is 1. The van der Waals surface area contributed by atoms with E-state index in [9.17, 15) is 4.39 Å². The smallest absolute Gasteiger partial charge is 0.175 e. The molecule has 0 amide bonds. The van der Waals surface area contributed by atoms with Crippen LogP contribution in [0.3, 0.4) is 0 Å². The highest BCUT2D eigenvalue weighted by Gasteiger charge is 2.21. The third-order valence-corrected chi connectivity index (χ3v) is 3.32. The zero-order chi connectivity index (χ0) is 13.3. The Bertz CT molecular complexity index is 568. The molecule has 2 N–H and O–H groups in total. The van der Waals surface area contributed by atoms with Crippen molar-refractivity contribution in [1.29, 1.82) is 0 Å². The maximum Gasteiger partial charge on any atom is 0.175 e. The Morgan fingerprint density at radius 2 is 2.22 bits per heavy atom. The van der Waals surface area contributed by atoms with E-state index >= 15 is 0 Å². The fraction of sp³-hybridized carbons (Fsp3) is 0.308. The highest BCUT2D eigenvalue weighted by Crippen LogP contribution is 2.38. The molecule has 2 aromatic rings. The first-order chi connectivity index (χ1) is 8.54. The summed E-state index contributed by atoms with van der Waals surface area (Å²) >= 11 is 6.05. The lowest BCUT2D eigenvalue weighted by Crippen LogP contribution is -1.95. The first-order valence-corrected chi connectivity index (χ1v) is 6.12. The molecular weight excluding hydrogens is 255 g/mol. The molecular formula is C13H14ClFN2O. The summed E-state index contributed by atoms with van der Waals surface area (Å²) in [7, 11) is 0. The molecule has 18 heavy (non-hydrogen) atoms. The summed E-state index contributed by atoms with van der Waals surface area (Å²) in [6.07, 6.45) is 0.889. The van der Waals surface area contributed by atoms with Crippen LogP contribution in [0.15, 0.2) is 22.7 Å². The Kier molecular flexibility index (Phi) is 3.57. The molecule has 0 radical (unpaired) electrons. The van der Waals surface area contributed by atoms with Crippen LogP contribution in [0.1, 0.15) is 31.9 Å². The zero-order valence-electron chi connectivity index (χ0n) is 10.2. The van der Waals surface area contributed by atoms with Gasteiger partial charge in [-0.05, 0) is 24.6 Å². The summed E-state index contributed by atoms with van der Waals surface area (Å²) in [6.45, 7) is 4.06. The minimum atomic E-state index is -0.385. The van der Waals surface area contributed by atoms with Crippen LogP contribution in [0, 0.1) is 5.82 Å². The van der Waals surface area contributed by atoms with E-state index in [4.69, 9.17) is 21.9 Å². The van der Waals surface area contributed by atoms with E-state index in [1.807, 2.05) is 13.8 Å². The second-order valence-corrected chi connectivity index (χ2v) is 4.65. The number of halogens is 2. The molecule has 96 valence electrons. The number of nitrogens with zero attached hydrogens (tertiary/aromatic N) is 1. The average molecular weight is 269 g/mol. The lowest BCUT2D eigenvalue weighted by Gasteiger charge is -2.09. The van der Waals surface area contributed by atoms with Gasteiger partial charge in [0.1, 0.15) is 11.6 Å². The molecule has 1 aromatic carbocycles. The van der Waals surface area contributed by atoms with E-state index in [2.05, 4.69) is 5.16 Å². The van der Waals surface area contributed by atoms with Gasteiger partial charge in [-0.2, -0.15) is 0 Å². The lowest BCUT2D eigenvalue weighted by molar-refractivity contribution is 0.366. The SMILES string of the molecule is CCC(C)c1onc(N)c1-c1ccc(F)cc1Cl. The van der Waals surface area contributed by atoms with Gasteiger partial charge in [0.15, 0.2) is 5.82 Å². The van der Waals surface area contributed by atoms with Crippen molar-refractivity contribution < 1.29 is 8.91 Å². The van der Waals surface area contributed by atoms with Crippen LogP contribution in [0.4, 0.5) is 10.2 Å².